The van der Waals surface area contributed by atoms with Crippen molar-refractivity contribution < 1.29 is 23.5 Å². The van der Waals surface area contributed by atoms with E-state index in [9.17, 15) is 14.0 Å². The fraction of sp³-hybridized carbons (Fsp3) is 0.348. The van der Waals surface area contributed by atoms with Crippen LogP contribution >= 0.6 is 0 Å². The van der Waals surface area contributed by atoms with Crippen LogP contribution in [-0.2, 0) is 16.0 Å². The van der Waals surface area contributed by atoms with Gasteiger partial charge in [-0.1, -0.05) is 12.1 Å². The number of hydrogen-bond acceptors (Lipinski definition) is 5. The molecule has 0 bridgehead atoms. The van der Waals surface area contributed by atoms with Crippen molar-refractivity contribution >= 4 is 17.4 Å². The van der Waals surface area contributed by atoms with Crippen LogP contribution in [0, 0.1) is 18.7 Å². The zero-order valence-electron chi connectivity index (χ0n) is 17.1. The summed E-state index contributed by atoms with van der Waals surface area (Å²) in [6, 6.07) is 8.38. The van der Waals surface area contributed by atoms with E-state index in [2.05, 4.69) is 4.98 Å². The normalized spacial score (nSPS) is 17.7. The summed E-state index contributed by atoms with van der Waals surface area (Å²) in [5, 5.41) is 0. The number of aryl methyl sites for hydroxylation is 1. The zero-order valence-corrected chi connectivity index (χ0v) is 17.1. The number of methoxy groups -OCH3 is 1. The largest absolute Gasteiger partial charge is 0.490 e. The summed E-state index contributed by atoms with van der Waals surface area (Å²) < 4.78 is 26.9. The fourth-order valence-electron chi connectivity index (χ4n) is 4.46. The molecule has 0 N–H and O–H groups in total. The molecule has 1 aliphatic rings. The molecule has 156 valence electrons. The Labute approximate surface area is 173 Å². The molecule has 4 rings (SSSR count). The van der Waals surface area contributed by atoms with Crippen LogP contribution in [0.3, 0.4) is 0 Å². The van der Waals surface area contributed by atoms with Crippen LogP contribution in [0.4, 0.5) is 4.39 Å². The quantitative estimate of drug-likeness (QED) is 0.456. The SMILES string of the molecule is CCOc1cccn2c(C(=O)C[C@@H]3c4c(F)cccc4C[C@H]3C(=O)OC)c(C)nc12. The highest BCUT2D eigenvalue weighted by atomic mass is 19.1. The maximum Gasteiger partial charge on any atom is 0.309 e. The number of carbonyl (C=O) groups is 2. The molecule has 1 aromatic carbocycles. The van der Waals surface area contributed by atoms with Crippen LogP contribution in [0.1, 0.15) is 46.6 Å². The van der Waals surface area contributed by atoms with Crippen molar-refractivity contribution in [1.82, 2.24) is 9.38 Å². The number of nitrogens with zero attached hydrogens (tertiary/aromatic N) is 2. The number of imidazole rings is 1. The molecule has 3 aromatic rings. The molecule has 7 heteroatoms. The van der Waals surface area contributed by atoms with E-state index in [0.29, 0.717) is 41.4 Å². The van der Waals surface area contributed by atoms with Crippen molar-refractivity contribution in [2.45, 2.75) is 32.6 Å². The topological polar surface area (TPSA) is 69.9 Å². The Morgan fingerprint density at radius 3 is 2.80 bits per heavy atom. The fourth-order valence-corrected chi connectivity index (χ4v) is 4.46. The van der Waals surface area contributed by atoms with Gasteiger partial charge in [0.15, 0.2) is 17.2 Å². The standard InChI is InChI=1S/C23H23FN2O4/c1-4-30-19-9-6-10-26-21(13(2)25-22(19)26)18(27)12-15-16(23(28)29-3)11-14-7-5-8-17(24)20(14)15/h5-10,15-16H,4,11-12H2,1-3H3/t15-,16+/m0/s1. The Morgan fingerprint density at radius 2 is 2.07 bits per heavy atom. The summed E-state index contributed by atoms with van der Waals surface area (Å²) in [5.74, 6) is -1.62. The molecule has 2 heterocycles. The van der Waals surface area contributed by atoms with Gasteiger partial charge in [-0.25, -0.2) is 9.37 Å². The monoisotopic (exact) mass is 410 g/mol. The molecule has 30 heavy (non-hydrogen) atoms. The number of esters is 1. The molecule has 0 unspecified atom stereocenters. The van der Waals surface area contributed by atoms with E-state index in [1.165, 1.54) is 13.2 Å². The maximum atomic E-state index is 14.6. The zero-order chi connectivity index (χ0) is 21.4. The van der Waals surface area contributed by atoms with Gasteiger partial charge in [-0.2, -0.15) is 0 Å². The smallest absolute Gasteiger partial charge is 0.309 e. The lowest BCUT2D eigenvalue weighted by molar-refractivity contribution is -0.145. The molecule has 0 aliphatic heterocycles. The number of rotatable bonds is 6. The number of Topliss-reactive ketones (excluding diaryl/α,β-unsaturated/α-hetero) is 1. The van der Waals surface area contributed by atoms with Gasteiger partial charge in [-0.05, 0) is 49.6 Å². The average molecular weight is 410 g/mol. The highest BCUT2D eigenvalue weighted by Gasteiger charge is 2.41. The number of fused-ring (bicyclic) bond motifs is 2. The van der Waals surface area contributed by atoms with Gasteiger partial charge in [0, 0.05) is 18.5 Å². The molecule has 6 nitrogen and oxygen atoms in total. The Kier molecular flexibility index (Phi) is 5.28. The van der Waals surface area contributed by atoms with Crippen molar-refractivity contribution in [3.63, 3.8) is 0 Å². The highest BCUT2D eigenvalue weighted by Crippen LogP contribution is 2.43. The molecular weight excluding hydrogens is 387 g/mol. The second-order valence-corrected chi connectivity index (χ2v) is 7.43. The number of benzene rings is 1. The second-order valence-electron chi connectivity index (χ2n) is 7.43. The van der Waals surface area contributed by atoms with E-state index >= 15 is 0 Å². The van der Waals surface area contributed by atoms with Crippen LogP contribution in [0.15, 0.2) is 36.5 Å². The molecule has 0 saturated carbocycles. The van der Waals surface area contributed by atoms with E-state index < -0.39 is 23.6 Å². The lowest BCUT2D eigenvalue weighted by atomic mass is 9.87. The number of aromatic nitrogens is 2. The van der Waals surface area contributed by atoms with Gasteiger partial charge >= 0.3 is 5.97 Å². The molecule has 1 aliphatic carbocycles. The van der Waals surface area contributed by atoms with E-state index in [1.807, 2.05) is 6.92 Å². The number of halogens is 1. The van der Waals surface area contributed by atoms with E-state index in [0.717, 1.165) is 5.56 Å². The van der Waals surface area contributed by atoms with Crippen molar-refractivity contribution in [3.05, 3.63) is 64.9 Å². The molecule has 0 saturated heterocycles. The summed E-state index contributed by atoms with van der Waals surface area (Å²) in [6.07, 6.45) is 2.10. The first kappa shape index (κ1) is 20.1. The maximum absolute atomic E-state index is 14.6. The van der Waals surface area contributed by atoms with Crippen molar-refractivity contribution in [1.29, 1.82) is 0 Å². The minimum Gasteiger partial charge on any atom is -0.490 e. The van der Waals surface area contributed by atoms with E-state index in [-0.39, 0.29) is 12.2 Å². The van der Waals surface area contributed by atoms with Gasteiger partial charge in [0.1, 0.15) is 11.5 Å². The predicted molar refractivity (Wildman–Crippen MR) is 108 cm³/mol. The van der Waals surface area contributed by atoms with Gasteiger partial charge in [-0.15, -0.1) is 0 Å². The Morgan fingerprint density at radius 1 is 1.27 bits per heavy atom. The Bertz CT molecular complexity index is 1140. The summed E-state index contributed by atoms with van der Waals surface area (Å²) in [6.45, 7) is 4.12. The van der Waals surface area contributed by atoms with Crippen LogP contribution in [-0.4, -0.2) is 34.9 Å². The second kappa shape index (κ2) is 7.89. The molecule has 0 fully saturated rings. The van der Waals surface area contributed by atoms with Gasteiger partial charge in [0.25, 0.3) is 0 Å². The molecule has 2 aromatic heterocycles. The summed E-state index contributed by atoms with van der Waals surface area (Å²) in [7, 11) is 1.31. The van der Waals surface area contributed by atoms with Crippen molar-refractivity contribution in [3.8, 4) is 5.75 Å². The highest BCUT2D eigenvalue weighted by molar-refractivity contribution is 5.97. The minimum absolute atomic E-state index is 0.0127. The number of ether oxygens (including phenoxy) is 2. The molecule has 0 spiro atoms. The molecular formula is C23H23FN2O4. The van der Waals surface area contributed by atoms with Crippen molar-refractivity contribution in [2.75, 3.05) is 13.7 Å². The lowest BCUT2D eigenvalue weighted by Gasteiger charge is -2.18. The molecule has 0 radical (unpaired) electrons. The van der Waals surface area contributed by atoms with Gasteiger partial charge in [0.05, 0.1) is 25.3 Å². The Balaban J connectivity index is 1.74. The predicted octanol–water partition coefficient (Wildman–Crippen LogP) is 3.88. The summed E-state index contributed by atoms with van der Waals surface area (Å²) >= 11 is 0. The first-order chi connectivity index (χ1) is 14.5. The first-order valence-corrected chi connectivity index (χ1v) is 9.95. The molecule has 0 amide bonds. The first-order valence-electron chi connectivity index (χ1n) is 9.95. The van der Waals surface area contributed by atoms with E-state index in [1.54, 1.807) is 41.8 Å². The van der Waals surface area contributed by atoms with Gasteiger partial charge < -0.3 is 9.47 Å². The lowest BCUT2D eigenvalue weighted by Crippen LogP contribution is -2.23. The molecule has 2 atom stereocenters. The van der Waals surface area contributed by atoms with Crippen LogP contribution in [0.5, 0.6) is 5.75 Å². The Hall–Kier alpha value is -3.22. The third kappa shape index (κ3) is 3.24. The van der Waals surface area contributed by atoms with Crippen LogP contribution in [0.25, 0.3) is 5.65 Å². The third-order valence-corrected chi connectivity index (χ3v) is 5.70. The summed E-state index contributed by atoms with van der Waals surface area (Å²) in [4.78, 5) is 30.3. The minimum atomic E-state index is -0.593. The van der Waals surface area contributed by atoms with E-state index in [4.69, 9.17) is 9.47 Å². The average Bonchev–Trinajstić information content (AvgIpc) is 3.26. The number of ketones is 1. The summed E-state index contributed by atoms with van der Waals surface area (Å²) in [5.41, 5.74) is 2.72. The third-order valence-electron chi connectivity index (χ3n) is 5.70. The number of hydrogen-bond donors (Lipinski definition) is 0. The van der Waals surface area contributed by atoms with Gasteiger partial charge in [-0.3, -0.25) is 14.0 Å². The van der Waals surface area contributed by atoms with Crippen LogP contribution in [0.2, 0.25) is 0 Å². The van der Waals surface area contributed by atoms with Crippen molar-refractivity contribution in [2.24, 2.45) is 5.92 Å². The number of carbonyl (C=O) groups excluding carboxylic acids is 2. The number of pyridine rings is 1. The van der Waals surface area contributed by atoms with Crippen LogP contribution < -0.4 is 4.74 Å². The van der Waals surface area contributed by atoms with Gasteiger partial charge in [0.2, 0.25) is 0 Å².